The Hall–Kier alpha value is -0.621. The molecule has 10 aliphatic rings. The van der Waals surface area contributed by atoms with E-state index in [1.807, 2.05) is 0 Å². The summed E-state index contributed by atoms with van der Waals surface area (Å²) < 4.78 is 22.1. The topological polar surface area (TPSA) is 71.1 Å². The van der Waals surface area contributed by atoms with Crippen LogP contribution in [0.15, 0.2) is 0 Å². The van der Waals surface area contributed by atoms with Crippen molar-refractivity contribution in [2.75, 3.05) is 41.7 Å². The molecule has 0 aliphatic carbocycles. The van der Waals surface area contributed by atoms with Crippen LogP contribution in [0.5, 0.6) is 0 Å². The molecule has 0 radical (unpaired) electrons. The zero-order valence-electron chi connectivity index (χ0n) is 14.7. The summed E-state index contributed by atoms with van der Waals surface area (Å²) in [5.74, 6) is 0.0260. The Morgan fingerprint density at radius 3 is 2.12 bits per heavy atom. The van der Waals surface area contributed by atoms with Crippen LogP contribution in [0.25, 0.3) is 0 Å². The number of fused-ring (bicyclic) bond motifs is 10. The van der Waals surface area contributed by atoms with Crippen molar-refractivity contribution in [3.05, 3.63) is 0 Å². The summed E-state index contributed by atoms with van der Waals surface area (Å²) >= 11 is 0. The first kappa shape index (κ1) is 12.0. The molecule has 25 heavy (non-hydrogen) atoms. The van der Waals surface area contributed by atoms with Crippen LogP contribution in [0, 0.1) is 0 Å². The average Bonchev–Trinajstić information content (AvgIpc) is 3.57. The fraction of sp³-hybridized carbons (Fsp3) is 0.889. The van der Waals surface area contributed by atoms with Crippen LogP contribution >= 0.6 is 0 Å². The second kappa shape index (κ2) is 1.21. The standard InChI is InChI=1S/2C9H11O3.Fe/c1-11-6-7-3-4-8(5-7)9(10)12-2;1-11-6-7-4-3-5-8(7)9(10)12-2;/h2*3-5H,6H2,1-2H3;. The summed E-state index contributed by atoms with van der Waals surface area (Å²) in [7, 11) is 6.60. The van der Waals surface area contributed by atoms with E-state index in [1.54, 1.807) is 14.2 Å². The summed E-state index contributed by atoms with van der Waals surface area (Å²) in [6.07, 6.45) is 0. The third-order valence-corrected chi connectivity index (χ3v) is 61.9. The van der Waals surface area contributed by atoms with Crippen LogP contribution in [0.4, 0.5) is 0 Å². The fourth-order valence-corrected chi connectivity index (χ4v) is 100. The van der Waals surface area contributed by atoms with Crippen LogP contribution in [0.1, 0.15) is 0 Å². The molecule has 10 aliphatic heterocycles. The van der Waals surface area contributed by atoms with Gasteiger partial charge in [0.1, 0.15) is 0 Å². The summed E-state index contributed by atoms with van der Waals surface area (Å²) in [5.41, 5.74) is 0. The maximum atomic E-state index is 13.4. The van der Waals surface area contributed by atoms with Crippen molar-refractivity contribution in [2.24, 2.45) is 0 Å². The van der Waals surface area contributed by atoms with E-state index < -0.39 is 6.51 Å². The van der Waals surface area contributed by atoms with Gasteiger partial charge in [0.15, 0.2) is 0 Å². The molecule has 7 heteroatoms. The summed E-state index contributed by atoms with van der Waals surface area (Å²) in [6.45, 7) is -3.28. The number of esters is 2. The summed E-state index contributed by atoms with van der Waals surface area (Å²) in [6, 6.07) is 0. The fourth-order valence-electron chi connectivity index (χ4n) is 20.8. The molecule has 10 rings (SSSR count). The molecule has 0 aromatic heterocycles. The van der Waals surface area contributed by atoms with Crippen molar-refractivity contribution in [1.29, 1.82) is 0 Å². The zero-order chi connectivity index (χ0) is 17.2. The van der Waals surface area contributed by atoms with E-state index in [1.165, 1.54) is 14.2 Å². The van der Waals surface area contributed by atoms with E-state index >= 15 is 0 Å². The molecule has 10 atom stereocenters. The normalized spacial score (nSPS) is 93.3. The Morgan fingerprint density at radius 1 is 0.880 bits per heavy atom. The van der Waals surface area contributed by atoms with Gasteiger partial charge in [0, 0.05) is 0 Å². The molecule has 10 unspecified atom stereocenters. The van der Waals surface area contributed by atoms with Crippen molar-refractivity contribution in [3.8, 4) is 0 Å². The molecular formula is C18H22FeO6. The van der Waals surface area contributed by atoms with Crippen LogP contribution in [0.3, 0.4) is 0 Å². The first-order valence-corrected chi connectivity index (χ1v) is 15.2. The van der Waals surface area contributed by atoms with Gasteiger partial charge in [0.2, 0.25) is 0 Å². The van der Waals surface area contributed by atoms with Gasteiger partial charge >= 0.3 is 135 Å². The molecule has 0 saturated carbocycles. The van der Waals surface area contributed by atoms with Crippen LogP contribution in [0.2, 0.25) is 46.2 Å². The van der Waals surface area contributed by atoms with E-state index in [0.29, 0.717) is 35.5 Å². The van der Waals surface area contributed by atoms with Gasteiger partial charge in [-0.05, 0) is 0 Å². The van der Waals surface area contributed by atoms with Gasteiger partial charge in [-0.15, -0.1) is 0 Å². The average molecular weight is 390 g/mol. The van der Waals surface area contributed by atoms with Gasteiger partial charge in [-0.25, -0.2) is 0 Å². The van der Waals surface area contributed by atoms with E-state index in [0.717, 1.165) is 6.61 Å². The molecule has 10 fully saturated rings. The number of hydrogen-bond acceptors (Lipinski definition) is 6. The Bertz CT molecular complexity index is 1400. The Labute approximate surface area is 135 Å². The number of methoxy groups -OCH3 is 4. The third-order valence-electron chi connectivity index (χ3n) is 17.4. The van der Waals surface area contributed by atoms with Crippen LogP contribution < -0.4 is 0 Å². The zero-order valence-corrected chi connectivity index (χ0v) is 15.8. The Morgan fingerprint density at radius 2 is 1.56 bits per heavy atom. The van der Waals surface area contributed by atoms with Crippen molar-refractivity contribution in [1.82, 2.24) is 0 Å². The van der Waals surface area contributed by atoms with Crippen molar-refractivity contribution in [2.45, 2.75) is 46.2 Å². The molecule has 0 bridgehead atoms. The molecule has 10 saturated heterocycles. The molecule has 0 aromatic carbocycles. The number of carbonyl (C=O) groups excluding carboxylic acids is 2. The van der Waals surface area contributed by atoms with Crippen LogP contribution in [-0.2, 0) is 35.0 Å². The van der Waals surface area contributed by atoms with E-state index in [4.69, 9.17) is 18.9 Å². The first-order valence-electron chi connectivity index (χ1n) is 9.15. The Kier molecular flexibility index (Phi) is 0.579. The molecule has 10 heterocycles. The van der Waals surface area contributed by atoms with Gasteiger partial charge in [0.05, 0.1) is 0 Å². The van der Waals surface area contributed by atoms with Gasteiger partial charge in [-0.1, -0.05) is 0 Å². The third kappa shape index (κ3) is 0.140. The maximum absolute atomic E-state index is 13.4. The first-order chi connectivity index (χ1) is 11.8. The van der Waals surface area contributed by atoms with Gasteiger partial charge in [0.25, 0.3) is 0 Å². The Balaban J connectivity index is 1.49. The molecule has 0 amide bonds. The molecule has 138 valence electrons. The summed E-state index contributed by atoms with van der Waals surface area (Å²) in [5, 5.41) is 0. The predicted molar refractivity (Wildman–Crippen MR) is 81.1 cm³/mol. The van der Waals surface area contributed by atoms with Crippen molar-refractivity contribution >= 4 is 11.9 Å². The second-order valence-corrected chi connectivity index (χ2v) is 34.9. The molecule has 6 nitrogen and oxygen atoms in total. The molecule has 0 aromatic rings. The van der Waals surface area contributed by atoms with E-state index in [-0.39, 0.29) is 29.2 Å². The summed E-state index contributed by atoms with van der Waals surface area (Å²) in [4.78, 5) is 30.1. The second-order valence-electron chi connectivity index (χ2n) is 12.1. The van der Waals surface area contributed by atoms with Crippen molar-refractivity contribution in [3.63, 3.8) is 0 Å². The minimum atomic E-state index is -4.68. The van der Waals surface area contributed by atoms with E-state index in [2.05, 4.69) is 0 Å². The van der Waals surface area contributed by atoms with Crippen LogP contribution in [-0.4, -0.2) is 53.6 Å². The monoisotopic (exact) mass is 390 g/mol. The SMILES string of the molecule is COC[C]12[CH]3[CH]4[C]5(C(=O)OC)[CH]1[Fe]34251678[CH]2[CH]1[C]6(COC)[C]7(C(=O)OC)[CH]28. The quantitative estimate of drug-likeness (QED) is 0.513. The minimum absolute atomic E-state index is 0.00445. The number of rotatable bonds is 6. The van der Waals surface area contributed by atoms with Gasteiger partial charge in [-0.3, -0.25) is 0 Å². The predicted octanol–water partition coefficient (Wildman–Crippen LogP) is 2.50. The molecular weight excluding hydrogens is 368 g/mol. The number of carbonyl (C=O) groups is 2. The molecule has 0 N–H and O–H groups in total. The van der Waals surface area contributed by atoms with Gasteiger partial charge < -0.3 is 0 Å². The van der Waals surface area contributed by atoms with Gasteiger partial charge in [-0.2, -0.15) is 0 Å². The van der Waals surface area contributed by atoms with E-state index in [9.17, 15) is 9.59 Å². The number of hydrogen-bond donors (Lipinski definition) is 0. The van der Waals surface area contributed by atoms with Crippen molar-refractivity contribution < 1.29 is 35.0 Å². The number of ether oxygens (including phenoxy) is 4. The molecule has 1 spiro atoms.